The van der Waals surface area contributed by atoms with Crippen LogP contribution >= 0.6 is 0 Å². The lowest BCUT2D eigenvalue weighted by Gasteiger charge is -2.44. The van der Waals surface area contributed by atoms with E-state index < -0.39 is 0 Å². The van der Waals surface area contributed by atoms with Crippen molar-refractivity contribution < 1.29 is 0 Å². The SMILES string of the molecule is CC(C)(C)c1ccc(N(c2ccc(C(C)(C)C)cc2)c2cc3c4c(c2)N(c2ccc(C(C)(C)C)cc2-c2ccccc2)C2=C(B4n4c5cc6ccccc6cc5c5cccc-3c54)C(C)(C)c3cc4c(cc32)C(C)(C)CCC4(C)C)cc1. The molecule has 1 aromatic heterocycles. The molecule has 0 fully saturated rings. The summed E-state index contributed by atoms with van der Waals surface area (Å²) in [5, 5.41) is 5.15. The Morgan fingerprint density at radius 2 is 1.00 bits per heavy atom. The first-order valence-electron chi connectivity index (χ1n) is 29.9. The average molecular weight is 1060 g/mol. The number of para-hydroxylation sites is 1. The van der Waals surface area contributed by atoms with Gasteiger partial charge in [0.25, 0.3) is 0 Å². The van der Waals surface area contributed by atoms with Crippen LogP contribution in [-0.2, 0) is 32.5 Å². The monoisotopic (exact) mass is 1060 g/mol. The van der Waals surface area contributed by atoms with Crippen molar-refractivity contribution >= 4 is 79.0 Å². The van der Waals surface area contributed by atoms with Gasteiger partial charge in [0, 0.05) is 72.4 Å². The molecule has 0 saturated heterocycles. The number of anilines is 5. The Morgan fingerprint density at radius 3 is 1.60 bits per heavy atom. The second kappa shape index (κ2) is 17.2. The number of hydrogen-bond donors (Lipinski definition) is 0. The summed E-state index contributed by atoms with van der Waals surface area (Å²) < 4.78 is 2.81. The van der Waals surface area contributed by atoms with Crippen LogP contribution < -0.4 is 15.3 Å². The molecule has 0 N–H and O–H groups in total. The molecule has 404 valence electrons. The minimum atomic E-state index is -0.367. The van der Waals surface area contributed by atoms with E-state index in [1.54, 1.807) is 0 Å². The molecule has 9 aromatic carbocycles. The highest BCUT2D eigenvalue weighted by Gasteiger charge is 2.55. The zero-order valence-electron chi connectivity index (χ0n) is 50.6. The first-order valence-corrected chi connectivity index (χ1v) is 29.9. The molecule has 14 rings (SSSR count). The summed E-state index contributed by atoms with van der Waals surface area (Å²) in [6, 6.07) is 69.0. The molecule has 0 radical (unpaired) electrons. The van der Waals surface area contributed by atoms with Crippen molar-refractivity contribution in [2.75, 3.05) is 9.80 Å². The maximum Gasteiger partial charge on any atom is 0.329 e. The fourth-order valence-corrected chi connectivity index (χ4v) is 14.8. The van der Waals surface area contributed by atoms with Gasteiger partial charge in [-0.1, -0.05) is 213 Å². The van der Waals surface area contributed by atoms with E-state index >= 15 is 0 Å². The van der Waals surface area contributed by atoms with Gasteiger partial charge in [-0.25, -0.2) is 0 Å². The van der Waals surface area contributed by atoms with Crippen molar-refractivity contribution in [1.29, 1.82) is 0 Å². The molecule has 0 atom stereocenters. The third-order valence-electron chi connectivity index (χ3n) is 19.7. The van der Waals surface area contributed by atoms with Crippen molar-refractivity contribution in [2.24, 2.45) is 0 Å². The fourth-order valence-electron chi connectivity index (χ4n) is 14.8. The molecular formula is C77H78BN3. The predicted molar refractivity (Wildman–Crippen MR) is 350 cm³/mol. The van der Waals surface area contributed by atoms with Crippen LogP contribution in [0.4, 0.5) is 28.4 Å². The van der Waals surface area contributed by atoms with Gasteiger partial charge in [-0.3, -0.25) is 0 Å². The lowest BCUT2D eigenvalue weighted by atomic mass is 9.40. The average Bonchev–Trinajstić information content (AvgIpc) is 3.01. The molecule has 3 heterocycles. The third kappa shape index (κ3) is 7.75. The Kier molecular flexibility index (Phi) is 11.0. The first-order chi connectivity index (χ1) is 38.3. The number of fused-ring (bicyclic) bond motifs is 10. The smallest absolute Gasteiger partial charge is 0.329 e. The molecule has 0 unspecified atom stereocenters. The van der Waals surface area contributed by atoms with Gasteiger partial charge in [0.05, 0.1) is 5.69 Å². The molecule has 2 aliphatic heterocycles. The van der Waals surface area contributed by atoms with Gasteiger partial charge in [0.15, 0.2) is 0 Å². The van der Waals surface area contributed by atoms with E-state index in [-0.39, 0.29) is 39.3 Å². The van der Waals surface area contributed by atoms with E-state index in [9.17, 15) is 0 Å². The highest BCUT2D eigenvalue weighted by atomic mass is 15.2. The molecule has 4 heteroatoms. The number of hydrogen-bond acceptors (Lipinski definition) is 2. The van der Waals surface area contributed by atoms with Crippen LogP contribution in [0.15, 0.2) is 181 Å². The molecule has 0 saturated carbocycles. The van der Waals surface area contributed by atoms with Crippen LogP contribution in [0.3, 0.4) is 0 Å². The summed E-state index contributed by atoms with van der Waals surface area (Å²) in [7, 11) is 0. The van der Waals surface area contributed by atoms with Crippen LogP contribution in [0.2, 0.25) is 0 Å². The van der Waals surface area contributed by atoms with Gasteiger partial charge in [0.2, 0.25) is 0 Å². The summed E-state index contributed by atoms with van der Waals surface area (Å²) in [6.45, 7) is 35.9. The van der Waals surface area contributed by atoms with Gasteiger partial charge < -0.3 is 14.3 Å². The summed E-state index contributed by atoms with van der Waals surface area (Å²) in [5.74, 6) is 0. The summed E-state index contributed by atoms with van der Waals surface area (Å²) >= 11 is 0. The Bertz CT molecular complexity index is 4240. The molecule has 10 aromatic rings. The Balaban J connectivity index is 1.17. The number of benzene rings is 9. The number of rotatable bonds is 5. The molecule has 4 aliphatic rings. The fraction of sp³-hybridized carbons (Fsp3) is 0.299. The number of nitrogens with zero attached hydrogens (tertiary/aromatic N) is 3. The van der Waals surface area contributed by atoms with E-state index in [4.69, 9.17) is 0 Å². The van der Waals surface area contributed by atoms with E-state index in [1.807, 2.05) is 0 Å². The first kappa shape index (κ1) is 51.6. The molecule has 2 aliphatic carbocycles. The standard InChI is InChI=1S/C77H78BN3/c1-72(2,3)50-28-33-53(34-29-50)79(54-35-30-51(31-36-54)73(4,5)6)55-43-60-57-27-21-26-56-59-40-48-24-19-20-25-49(48)41-66(59)81(69(56)57)78-68(60)67(44-55)80(65-37-32-52(74(7,8)9)42-58(65)47-22-17-16-18-23-47)70-61-45-63-64(46-62(61)77(14,15)71(70)78)76(12,13)39-38-75(63,10)11/h16-37,40-46H,38-39H2,1-15H3. The van der Waals surface area contributed by atoms with Gasteiger partial charge in [-0.05, 0) is 173 Å². The van der Waals surface area contributed by atoms with Gasteiger partial charge in [0.1, 0.15) is 0 Å². The zero-order chi connectivity index (χ0) is 56.7. The number of allylic oxidation sites excluding steroid dienone is 1. The zero-order valence-corrected chi connectivity index (χ0v) is 50.6. The van der Waals surface area contributed by atoms with Gasteiger partial charge in [-0.2, -0.15) is 0 Å². The lowest BCUT2D eigenvalue weighted by Crippen LogP contribution is -2.52. The number of aromatic nitrogens is 1. The summed E-state index contributed by atoms with van der Waals surface area (Å²) in [6.07, 6.45) is 2.31. The highest BCUT2D eigenvalue weighted by molar-refractivity contribution is 6.85. The van der Waals surface area contributed by atoms with E-state index in [1.165, 1.54) is 128 Å². The largest absolute Gasteiger partial charge is 0.376 e. The quantitative estimate of drug-likeness (QED) is 0.159. The normalized spacial score (nSPS) is 16.7. The Hall–Kier alpha value is -7.56. The van der Waals surface area contributed by atoms with Crippen molar-refractivity contribution in [2.45, 2.75) is 149 Å². The molecule has 0 bridgehead atoms. The van der Waals surface area contributed by atoms with Crippen molar-refractivity contribution in [1.82, 2.24) is 4.48 Å². The Morgan fingerprint density at radius 1 is 0.432 bits per heavy atom. The highest BCUT2D eigenvalue weighted by Crippen LogP contribution is 2.61. The molecule has 3 nitrogen and oxygen atoms in total. The van der Waals surface area contributed by atoms with Crippen LogP contribution in [-0.4, -0.2) is 11.3 Å². The molecule has 0 amide bonds. The summed E-state index contributed by atoms with van der Waals surface area (Å²) in [4.78, 5) is 5.32. The van der Waals surface area contributed by atoms with Gasteiger partial charge in [-0.15, -0.1) is 0 Å². The second-order valence-electron chi connectivity index (χ2n) is 29.3. The van der Waals surface area contributed by atoms with Crippen molar-refractivity contribution in [3.63, 3.8) is 0 Å². The maximum absolute atomic E-state index is 2.81. The van der Waals surface area contributed by atoms with Crippen molar-refractivity contribution in [3.8, 4) is 22.3 Å². The van der Waals surface area contributed by atoms with E-state index in [0.717, 1.165) is 23.5 Å². The molecule has 0 spiro atoms. The van der Waals surface area contributed by atoms with E-state index in [0.29, 0.717) is 0 Å². The van der Waals surface area contributed by atoms with Crippen LogP contribution in [0, 0.1) is 0 Å². The summed E-state index contributed by atoms with van der Waals surface area (Å²) in [5.41, 5.74) is 27.0. The van der Waals surface area contributed by atoms with Crippen LogP contribution in [0.1, 0.15) is 156 Å². The Labute approximate surface area is 482 Å². The van der Waals surface area contributed by atoms with Gasteiger partial charge >= 0.3 is 6.85 Å². The predicted octanol–water partition coefficient (Wildman–Crippen LogP) is 20.4. The topological polar surface area (TPSA) is 11.4 Å². The lowest BCUT2D eigenvalue weighted by molar-refractivity contribution is 0.331. The molecular weight excluding hydrogens is 978 g/mol. The van der Waals surface area contributed by atoms with E-state index in [2.05, 4.69) is 294 Å². The van der Waals surface area contributed by atoms with Crippen LogP contribution in [0.25, 0.3) is 60.5 Å². The minimum Gasteiger partial charge on any atom is -0.376 e. The molecule has 81 heavy (non-hydrogen) atoms. The second-order valence-corrected chi connectivity index (χ2v) is 29.3. The maximum atomic E-state index is 2.81. The third-order valence-corrected chi connectivity index (χ3v) is 19.7. The van der Waals surface area contributed by atoms with Crippen LogP contribution in [0.5, 0.6) is 0 Å². The van der Waals surface area contributed by atoms with Crippen molar-refractivity contribution in [3.05, 3.63) is 220 Å². The minimum absolute atomic E-state index is 0.00615.